The summed E-state index contributed by atoms with van der Waals surface area (Å²) in [4.78, 5) is 6.01. The van der Waals surface area contributed by atoms with Crippen molar-refractivity contribution in [2.45, 2.75) is 25.4 Å². The van der Waals surface area contributed by atoms with Crippen LogP contribution < -0.4 is 19.4 Å². The minimum absolute atomic E-state index is 0.827. The van der Waals surface area contributed by atoms with Gasteiger partial charge in [-0.3, -0.25) is 0 Å². The number of hydrogen-bond donors (Lipinski definition) is 2. The van der Waals surface area contributed by atoms with Crippen molar-refractivity contribution in [3.05, 3.63) is 59.1 Å². The molecule has 0 saturated carbocycles. The first-order chi connectivity index (χ1) is 13.7. The predicted octanol–water partition coefficient (Wildman–Crippen LogP) is 1.30. The van der Waals surface area contributed by atoms with Gasteiger partial charge in [0.2, 0.25) is 0 Å². The van der Waals surface area contributed by atoms with E-state index in [4.69, 9.17) is 16.3 Å². The lowest BCUT2D eigenvalue weighted by molar-refractivity contribution is -0.963. The quantitative estimate of drug-likeness (QED) is 0.788. The highest BCUT2D eigenvalue weighted by molar-refractivity contribution is 6.30. The number of nitrogens with one attached hydrogen (secondary N) is 2. The molecule has 4 nitrogen and oxygen atoms in total. The Balaban J connectivity index is 1.25. The predicted molar refractivity (Wildman–Crippen MR) is 115 cm³/mol. The molecule has 2 fully saturated rings. The molecule has 0 aromatic heterocycles. The van der Waals surface area contributed by atoms with E-state index in [1.807, 2.05) is 18.2 Å². The summed E-state index contributed by atoms with van der Waals surface area (Å²) in [6, 6.07) is 17.6. The maximum Gasteiger partial charge on any atom is 0.142 e. The van der Waals surface area contributed by atoms with Gasteiger partial charge in [-0.15, -0.1) is 0 Å². The van der Waals surface area contributed by atoms with Crippen LogP contribution in [0.1, 0.15) is 18.4 Å². The molecule has 2 aromatic carbocycles. The van der Waals surface area contributed by atoms with Crippen molar-refractivity contribution in [2.75, 3.05) is 51.3 Å². The molecule has 2 aromatic rings. The Kier molecular flexibility index (Phi) is 6.40. The van der Waals surface area contributed by atoms with Gasteiger partial charge < -0.3 is 19.4 Å². The second-order valence-electron chi connectivity index (χ2n) is 8.14. The maximum absolute atomic E-state index is 6.01. The topological polar surface area (TPSA) is 21.4 Å². The lowest BCUT2D eigenvalue weighted by Gasteiger charge is -2.40. The Bertz CT molecular complexity index is 751. The summed E-state index contributed by atoms with van der Waals surface area (Å²) in [6.07, 6.45) is 2.68. The molecule has 5 heteroatoms. The Hall–Kier alpha value is -1.75. The van der Waals surface area contributed by atoms with E-state index in [0.29, 0.717) is 0 Å². The zero-order valence-electron chi connectivity index (χ0n) is 16.8. The summed E-state index contributed by atoms with van der Waals surface area (Å²) in [6.45, 7) is 8.40. The number of methoxy groups -OCH3 is 1. The zero-order valence-corrected chi connectivity index (χ0v) is 17.5. The number of quaternary nitrogens is 2. The van der Waals surface area contributed by atoms with Gasteiger partial charge in [-0.05, 0) is 24.3 Å². The molecule has 2 heterocycles. The standard InChI is InChI=1S/C23H30ClN3O/c1-28-23-5-3-2-4-22(23)27-16-14-26(15-17-27)21-10-12-25(13-11-21)18-19-6-8-20(24)9-7-19/h2-9,21H,10-18H2,1H3/p+2. The third-order valence-electron chi connectivity index (χ3n) is 6.47. The van der Waals surface area contributed by atoms with E-state index in [0.717, 1.165) is 36.4 Å². The van der Waals surface area contributed by atoms with E-state index in [2.05, 4.69) is 35.2 Å². The van der Waals surface area contributed by atoms with Crippen LogP contribution >= 0.6 is 11.6 Å². The number of piperidine rings is 1. The molecule has 4 rings (SSSR count). The first kappa shape index (κ1) is 19.6. The van der Waals surface area contributed by atoms with Crippen LogP contribution in [0, 0.1) is 0 Å². The van der Waals surface area contributed by atoms with E-state index >= 15 is 0 Å². The van der Waals surface area contributed by atoms with Crippen LogP contribution in [-0.2, 0) is 6.54 Å². The lowest BCUT2D eigenvalue weighted by atomic mass is 10.0. The summed E-state index contributed by atoms with van der Waals surface area (Å²) in [5, 5.41) is 0.827. The summed E-state index contributed by atoms with van der Waals surface area (Å²) in [5.41, 5.74) is 2.64. The summed E-state index contributed by atoms with van der Waals surface area (Å²) < 4.78 is 5.55. The van der Waals surface area contributed by atoms with Gasteiger partial charge in [0.25, 0.3) is 0 Å². The van der Waals surface area contributed by atoms with Crippen molar-refractivity contribution in [3.63, 3.8) is 0 Å². The van der Waals surface area contributed by atoms with Gasteiger partial charge in [0.15, 0.2) is 0 Å². The van der Waals surface area contributed by atoms with Crippen molar-refractivity contribution < 1.29 is 14.5 Å². The number of piperazine rings is 1. The largest absolute Gasteiger partial charge is 0.495 e. The minimum Gasteiger partial charge on any atom is -0.495 e. The Morgan fingerprint density at radius 2 is 1.64 bits per heavy atom. The van der Waals surface area contributed by atoms with Crippen LogP contribution in [0.15, 0.2) is 48.5 Å². The fourth-order valence-corrected chi connectivity index (χ4v) is 4.96. The molecule has 0 aliphatic carbocycles. The fraction of sp³-hybridized carbons (Fsp3) is 0.478. The van der Waals surface area contributed by atoms with Crippen LogP contribution in [0.3, 0.4) is 0 Å². The number of likely N-dealkylation sites (tertiary alicyclic amines) is 1. The Morgan fingerprint density at radius 1 is 0.964 bits per heavy atom. The highest BCUT2D eigenvalue weighted by atomic mass is 35.5. The molecule has 2 saturated heterocycles. The van der Waals surface area contributed by atoms with Crippen molar-refractivity contribution in [1.29, 1.82) is 0 Å². The van der Waals surface area contributed by atoms with Gasteiger partial charge in [0.1, 0.15) is 12.3 Å². The van der Waals surface area contributed by atoms with Crippen molar-refractivity contribution in [1.82, 2.24) is 0 Å². The molecule has 0 amide bonds. The van der Waals surface area contributed by atoms with E-state index in [-0.39, 0.29) is 0 Å². The first-order valence-electron chi connectivity index (χ1n) is 10.5. The number of hydrogen-bond acceptors (Lipinski definition) is 2. The number of anilines is 1. The van der Waals surface area contributed by atoms with E-state index < -0.39 is 0 Å². The molecule has 0 unspecified atom stereocenters. The number of nitrogens with zero attached hydrogens (tertiary/aromatic N) is 1. The van der Waals surface area contributed by atoms with Crippen LogP contribution in [0.2, 0.25) is 5.02 Å². The molecule has 0 radical (unpaired) electrons. The van der Waals surface area contributed by atoms with Crippen LogP contribution in [0.5, 0.6) is 5.75 Å². The van der Waals surface area contributed by atoms with E-state index in [9.17, 15) is 0 Å². The van der Waals surface area contributed by atoms with Gasteiger partial charge in [0, 0.05) is 23.4 Å². The zero-order chi connectivity index (χ0) is 19.3. The number of para-hydroxylation sites is 2. The van der Waals surface area contributed by atoms with E-state index in [1.54, 1.807) is 16.9 Å². The molecular formula is C23H32ClN3O+2. The van der Waals surface area contributed by atoms with E-state index in [1.165, 1.54) is 50.3 Å². The molecule has 0 atom stereocenters. The molecule has 2 N–H and O–H groups in total. The number of ether oxygens (including phenoxy) is 1. The SMILES string of the molecule is COc1ccccc1N1CC[NH+](C2CC[NH+](Cc3ccc(Cl)cc3)CC2)CC1. The number of rotatable bonds is 5. The van der Waals surface area contributed by atoms with Crippen LogP contribution in [0.25, 0.3) is 0 Å². The number of benzene rings is 2. The molecule has 0 bridgehead atoms. The average molecular weight is 402 g/mol. The molecule has 2 aliphatic heterocycles. The Labute approximate surface area is 173 Å². The molecule has 28 heavy (non-hydrogen) atoms. The van der Waals surface area contributed by atoms with Gasteiger partial charge >= 0.3 is 0 Å². The van der Waals surface area contributed by atoms with Crippen molar-refractivity contribution in [2.24, 2.45) is 0 Å². The fourth-order valence-electron chi connectivity index (χ4n) is 4.84. The third kappa shape index (κ3) is 4.62. The van der Waals surface area contributed by atoms with Gasteiger partial charge in [-0.2, -0.15) is 0 Å². The van der Waals surface area contributed by atoms with Gasteiger partial charge in [-0.1, -0.05) is 35.9 Å². The van der Waals surface area contributed by atoms with Crippen LogP contribution in [0.4, 0.5) is 5.69 Å². The summed E-state index contributed by atoms with van der Waals surface area (Å²) in [5.74, 6) is 0.991. The normalized spacial score (nSPS) is 23.6. The van der Waals surface area contributed by atoms with Crippen LogP contribution in [-0.4, -0.2) is 52.4 Å². The van der Waals surface area contributed by atoms with Crippen molar-refractivity contribution >= 4 is 17.3 Å². The lowest BCUT2D eigenvalue weighted by Crippen LogP contribution is -3.21. The second-order valence-corrected chi connectivity index (χ2v) is 8.58. The molecule has 2 aliphatic rings. The molecule has 0 spiro atoms. The number of halogens is 1. The molecular weight excluding hydrogens is 370 g/mol. The molecule has 150 valence electrons. The summed E-state index contributed by atoms with van der Waals surface area (Å²) in [7, 11) is 1.76. The van der Waals surface area contributed by atoms with Crippen molar-refractivity contribution in [3.8, 4) is 5.75 Å². The highest BCUT2D eigenvalue weighted by Crippen LogP contribution is 2.27. The first-order valence-corrected chi connectivity index (χ1v) is 10.9. The van der Waals surface area contributed by atoms with Gasteiger partial charge in [-0.25, -0.2) is 0 Å². The highest BCUT2D eigenvalue weighted by Gasteiger charge is 2.32. The minimum atomic E-state index is 0.827. The second kappa shape index (κ2) is 9.17. The third-order valence-corrected chi connectivity index (χ3v) is 6.72. The Morgan fingerprint density at radius 3 is 2.32 bits per heavy atom. The summed E-state index contributed by atoms with van der Waals surface area (Å²) >= 11 is 6.01. The maximum atomic E-state index is 6.01. The smallest absolute Gasteiger partial charge is 0.142 e. The monoisotopic (exact) mass is 401 g/mol. The van der Waals surface area contributed by atoms with Gasteiger partial charge in [0.05, 0.1) is 58.1 Å². The average Bonchev–Trinajstić information content (AvgIpc) is 2.76.